The van der Waals surface area contributed by atoms with Crippen molar-refractivity contribution in [3.05, 3.63) is 35.6 Å². The molecule has 0 fully saturated rings. The van der Waals surface area contributed by atoms with Crippen LogP contribution in [0.15, 0.2) is 24.3 Å². The maximum Gasteiger partial charge on any atom is 0.237 e. The van der Waals surface area contributed by atoms with Gasteiger partial charge in [-0.15, -0.1) is 0 Å². The molecule has 0 bridgehead atoms. The lowest BCUT2D eigenvalue weighted by Gasteiger charge is -2.27. The molecule has 0 saturated carbocycles. The molecule has 3 nitrogen and oxygen atoms in total. The maximum absolute atomic E-state index is 12.7. The molecule has 0 aliphatic rings. The van der Waals surface area contributed by atoms with Gasteiger partial charge in [-0.3, -0.25) is 4.79 Å². The first-order valence-electron chi connectivity index (χ1n) is 5.62. The van der Waals surface area contributed by atoms with E-state index in [1.54, 1.807) is 19.1 Å². The van der Waals surface area contributed by atoms with Gasteiger partial charge in [-0.25, -0.2) is 4.39 Å². The number of rotatable bonds is 4. The predicted molar refractivity (Wildman–Crippen MR) is 66.0 cm³/mol. The van der Waals surface area contributed by atoms with Gasteiger partial charge >= 0.3 is 0 Å². The molecule has 3 N–H and O–H groups in total. The van der Waals surface area contributed by atoms with E-state index in [1.807, 2.05) is 13.8 Å². The van der Waals surface area contributed by atoms with E-state index in [-0.39, 0.29) is 11.7 Å². The molecule has 0 radical (unpaired) electrons. The van der Waals surface area contributed by atoms with Crippen molar-refractivity contribution in [3.63, 3.8) is 0 Å². The molecule has 1 atom stereocenters. The quantitative estimate of drug-likeness (QED) is 0.837. The molecule has 0 aromatic heterocycles. The highest BCUT2D eigenvalue weighted by Crippen LogP contribution is 2.13. The van der Waals surface area contributed by atoms with Crippen molar-refractivity contribution in [1.82, 2.24) is 5.32 Å². The average molecular weight is 238 g/mol. The number of carbonyl (C=O) groups excluding carboxylic acids is 1. The molecular formula is C13H19FN2O. The van der Waals surface area contributed by atoms with Crippen LogP contribution in [-0.4, -0.2) is 17.5 Å². The van der Waals surface area contributed by atoms with Gasteiger partial charge in [-0.1, -0.05) is 12.1 Å². The van der Waals surface area contributed by atoms with Crippen molar-refractivity contribution >= 4 is 5.91 Å². The highest BCUT2D eigenvalue weighted by molar-refractivity contribution is 5.81. The summed E-state index contributed by atoms with van der Waals surface area (Å²) in [7, 11) is 0. The molecule has 17 heavy (non-hydrogen) atoms. The molecule has 1 amide bonds. The number of hydrogen-bond donors (Lipinski definition) is 2. The van der Waals surface area contributed by atoms with Crippen LogP contribution in [-0.2, 0) is 11.2 Å². The van der Waals surface area contributed by atoms with Gasteiger partial charge in [0.1, 0.15) is 5.82 Å². The summed E-state index contributed by atoms with van der Waals surface area (Å²) in [5.74, 6) is -0.441. The van der Waals surface area contributed by atoms with Crippen LogP contribution in [0.4, 0.5) is 4.39 Å². The Hall–Kier alpha value is -1.42. The van der Waals surface area contributed by atoms with Gasteiger partial charge in [0.15, 0.2) is 0 Å². The molecule has 1 aromatic rings. The van der Waals surface area contributed by atoms with Crippen molar-refractivity contribution in [2.75, 3.05) is 0 Å². The minimum Gasteiger partial charge on any atom is -0.350 e. The number of benzene rings is 1. The molecule has 0 aliphatic heterocycles. The third kappa shape index (κ3) is 4.53. The molecule has 0 unspecified atom stereocenters. The molecule has 0 aliphatic carbocycles. The first-order valence-corrected chi connectivity index (χ1v) is 5.62. The number of nitrogens with one attached hydrogen (secondary N) is 1. The molecule has 4 heteroatoms. The molecule has 94 valence electrons. The first-order chi connectivity index (χ1) is 7.80. The predicted octanol–water partition coefficient (Wildman–Crippen LogP) is 1.61. The van der Waals surface area contributed by atoms with E-state index in [4.69, 9.17) is 5.73 Å². The van der Waals surface area contributed by atoms with Crippen molar-refractivity contribution in [3.8, 4) is 0 Å². The Kier molecular flexibility index (Phi) is 4.23. The standard InChI is InChI=1S/C13H19FN2O/c1-9(15)12(17)16-13(2,3)8-10-4-6-11(14)7-5-10/h4-7,9H,8,15H2,1-3H3,(H,16,17)/t9-/m0/s1. The molecule has 1 aromatic carbocycles. The van der Waals surface area contributed by atoms with Crippen molar-refractivity contribution in [2.24, 2.45) is 5.73 Å². The third-order valence-corrected chi connectivity index (χ3v) is 2.43. The van der Waals surface area contributed by atoms with Crippen LogP contribution in [0.2, 0.25) is 0 Å². The lowest BCUT2D eigenvalue weighted by Crippen LogP contribution is -2.50. The fourth-order valence-electron chi connectivity index (χ4n) is 1.60. The Morgan fingerprint density at radius 2 is 1.94 bits per heavy atom. The van der Waals surface area contributed by atoms with E-state index < -0.39 is 11.6 Å². The largest absolute Gasteiger partial charge is 0.350 e. The van der Waals surface area contributed by atoms with Crippen LogP contribution in [0.3, 0.4) is 0 Å². The fraction of sp³-hybridized carbons (Fsp3) is 0.462. The second-order valence-electron chi connectivity index (χ2n) is 4.97. The summed E-state index contributed by atoms with van der Waals surface area (Å²) in [4.78, 5) is 11.5. The second-order valence-corrected chi connectivity index (χ2v) is 4.97. The maximum atomic E-state index is 12.7. The van der Waals surface area contributed by atoms with Crippen LogP contribution >= 0.6 is 0 Å². The van der Waals surface area contributed by atoms with Crippen LogP contribution in [0.1, 0.15) is 26.3 Å². The van der Waals surface area contributed by atoms with E-state index in [0.717, 1.165) is 5.56 Å². The molecule has 0 heterocycles. The highest BCUT2D eigenvalue weighted by atomic mass is 19.1. The third-order valence-electron chi connectivity index (χ3n) is 2.43. The average Bonchev–Trinajstić information content (AvgIpc) is 2.20. The Morgan fingerprint density at radius 3 is 2.41 bits per heavy atom. The van der Waals surface area contributed by atoms with Gasteiger partial charge in [0.25, 0.3) is 0 Å². The summed E-state index contributed by atoms with van der Waals surface area (Å²) >= 11 is 0. The van der Waals surface area contributed by atoms with E-state index >= 15 is 0 Å². The highest BCUT2D eigenvalue weighted by Gasteiger charge is 2.22. The Balaban J connectivity index is 2.66. The topological polar surface area (TPSA) is 55.1 Å². The van der Waals surface area contributed by atoms with Crippen LogP contribution in [0.25, 0.3) is 0 Å². The Labute approximate surface area is 101 Å². The van der Waals surface area contributed by atoms with Gasteiger partial charge in [0.2, 0.25) is 5.91 Å². The zero-order valence-corrected chi connectivity index (χ0v) is 10.5. The number of hydrogen-bond acceptors (Lipinski definition) is 2. The normalized spacial score (nSPS) is 13.2. The summed E-state index contributed by atoms with van der Waals surface area (Å²) in [6, 6.07) is 5.74. The molecule has 0 saturated heterocycles. The van der Waals surface area contributed by atoms with E-state index in [2.05, 4.69) is 5.32 Å². The second kappa shape index (κ2) is 5.27. The number of halogens is 1. The smallest absolute Gasteiger partial charge is 0.237 e. The Bertz CT molecular complexity index is 385. The molecule has 0 spiro atoms. The van der Waals surface area contributed by atoms with Crippen LogP contribution in [0.5, 0.6) is 0 Å². The number of nitrogens with two attached hydrogens (primary N) is 1. The van der Waals surface area contributed by atoms with Gasteiger partial charge in [0, 0.05) is 5.54 Å². The van der Waals surface area contributed by atoms with E-state index in [1.165, 1.54) is 12.1 Å². The van der Waals surface area contributed by atoms with E-state index in [9.17, 15) is 9.18 Å². The van der Waals surface area contributed by atoms with Gasteiger partial charge in [-0.05, 0) is 44.9 Å². The summed E-state index contributed by atoms with van der Waals surface area (Å²) in [6.45, 7) is 5.47. The van der Waals surface area contributed by atoms with Gasteiger partial charge < -0.3 is 11.1 Å². The summed E-state index contributed by atoms with van der Waals surface area (Å²) in [6.07, 6.45) is 0.631. The van der Waals surface area contributed by atoms with Crippen LogP contribution in [0, 0.1) is 5.82 Å². The monoisotopic (exact) mass is 238 g/mol. The van der Waals surface area contributed by atoms with Gasteiger partial charge in [-0.2, -0.15) is 0 Å². The fourth-order valence-corrected chi connectivity index (χ4v) is 1.60. The van der Waals surface area contributed by atoms with E-state index in [0.29, 0.717) is 6.42 Å². The minimum absolute atomic E-state index is 0.183. The van der Waals surface area contributed by atoms with Crippen LogP contribution < -0.4 is 11.1 Å². The summed E-state index contributed by atoms with van der Waals surface area (Å²) < 4.78 is 12.7. The Morgan fingerprint density at radius 1 is 1.41 bits per heavy atom. The molecular weight excluding hydrogens is 219 g/mol. The number of carbonyl (C=O) groups is 1. The first kappa shape index (κ1) is 13.6. The molecule has 1 rings (SSSR count). The zero-order valence-electron chi connectivity index (χ0n) is 10.5. The lowest BCUT2D eigenvalue weighted by molar-refractivity contribution is -0.123. The zero-order chi connectivity index (χ0) is 13.1. The lowest BCUT2D eigenvalue weighted by atomic mass is 9.94. The van der Waals surface area contributed by atoms with Crippen molar-refractivity contribution in [2.45, 2.75) is 38.8 Å². The van der Waals surface area contributed by atoms with Crippen molar-refractivity contribution in [1.29, 1.82) is 0 Å². The number of amides is 1. The summed E-state index contributed by atoms with van der Waals surface area (Å²) in [5.41, 5.74) is 6.07. The van der Waals surface area contributed by atoms with Gasteiger partial charge in [0.05, 0.1) is 6.04 Å². The van der Waals surface area contributed by atoms with Crippen molar-refractivity contribution < 1.29 is 9.18 Å². The summed E-state index contributed by atoms with van der Waals surface area (Å²) in [5, 5.41) is 2.86. The minimum atomic E-state index is -0.525. The SMILES string of the molecule is C[C@H](N)C(=O)NC(C)(C)Cc1ccc(F)cc1.